The van der Waals surface area contributed by atoms with E-state index in [0.717, 1.165) is 37.6 Å². The number of hydrogen-bond acceptors (Lipinski definition) is 4. The summed E-state index contributed by atoms with van der Waals surface area (Å²) < 4.78 is 10.6. The van der Waals surface area contributed by atoms with Crippen molar-refractivity contribution in [3.05, 3.63) is 53.4 Å². The van der Waals surface area contributed by atoms with E-state index in [1.165, 1.54) is 5.56 Å². The topological polar surface area (TPSA) is 47.3 Å². The molecule has 0 saturated heterocycles. The summed E-state index contributed by atoms with van der Waals surface area (Å²) in [5, 5.41) is 7.20. The highest BCUT2D eigenvalue weighted by Gasteiger charge is 1.99. The van der Waals surface area contributed by atoms with Gasteiger partial charge in [-0.05, 0) is 25.5 Å². The summed E-state index contributed by atoms with van der Waals surface area (Å²) in [6.45, 7) is 4.98. The fraction of sp³-hybridized carbons (Fsp3) is 0.400. The predicted molar refractivity (Wildman–Crippen MR) is 73.7 cm³/mol. The maximum Gasteiger partial charge on any atom is 0.162 e. The third-order valence-electron chi connectivity index (χ3n) is 2.74. The van der Waals surface area contributed by atoms with E-state index < -0.39 is 0 Å². The Bertz CT molecular complexity index is 468. The molecule has 0 fully saturated rings. The van der Waals surface area contributed by atoms with Gasteiger partial charge in [-0.15, -0.1) is 0 Å². The summed E-state index contributed by atoms with van der Waals surface area (Å²) in [5.74, 6) is 0.787. The van der Waals surface area contributed by atoms with Crippen LogP contribution in [0.1, 0.15) is 23.4 Å². The standard InChI is InChI=1S/C15H20N2O2/c1-13-10-15(19-17-13)12-18-9-5-8-16-11-14-6-3-2-4-7-14/h2-4,6-7,10,16H,5,8-9,11-12H2,1H3. The monoisotopic (exact) mass is 260 g/mol. The van der Waals surface area contributed by atoms with Gasteiger partial charge in [0, 0.05) is 19.2 Å². The third-order valence-corrected chi connectivity index (χ3v) is 2.74. The minimum absolute atomic E-state index is 0.500. The first-order valence-corrected chi connectivity index (χ1v) is 6.59. The molecule has 0 aliphatic carbocycles. The van der Waals surface area contributed by atoms with Crippen LogP contribution in [0, 0.1) is 6.92 Å². The van der Waals surface area contributed by atoms with Crippen LogP contribution < -0.4 is 5.32 Å². The first-order chi connectivity index (χ1) is 9.34. The first kappa shape index (κ1) is 13.8. The predicted octanol–water partition coefficient (Wildman–Crippen LogP) is 2.68. The first-order valence-electron chi connectivity index (χ1n) is 6.59. The van der Waals surface area contributed by atoms with Gasteiger partial charge in [-0.1, -0.05) is 35.5 Å². The number of nitrogens with one attached hydrogen (secondary N) is 1. The van der Waals surface area contributed by atoms with E-state index >= 15 is 0 Å². The Hall–Kier alpha value is -1.65. The third kappa shape index (κ3) is 5.24. The smallest absolute Gasteiger partial charge is 0.162 e. The Morgan fingerprint density at radius 2 is 2.11 bits per heavy atom. The lowest BCUT2D eigenvalue weighted by molar-refractivity contribution is 0.0990. The van der Waals surface area contributed by atoms with Gasteiger partial charge in [0.1, 0.15) is 6.61 Å². The summed E-state index contributed by atoms with van der Waals surface area (Å²) in [6.07, 6.45) is 0.986. The Morgan fingerprint density at radius 3 is 2.84 bits per heavy atom. The summed E-state index contributed by atoms with van der Waals surface area (Å²) in [5.41, 5.74) is 2.20. The number of aromatic nitrogens is 1. The molecule has 0 spiro atoms. The van der Waals surface area contributed by atoms with Crippen LogP contribution in [0.5, 0.6) is 0 Å². The van der Waals surface area contributed by atoms with Crippen molar-refractivity contribution in [2.75, 3.05) is 13.2 Å². The molecule has 0 radical (unpaired) electrons. The lowest BCUT2D eigenvalue weighted by Gasteiger charge is -2.05. The quantitative estimate of drug-likeness (QED) is 0.741. The highest BCUT2D eigenvalue weighted by Crippen LogP contribution is 2.03. The van der Waals surface area contributed by atoms with E-state index in [4.69, 9.17) is 9.26 Å². The van der Waals surface area contributed by atoms with Gasteiger partial charge in [-0.25, -0.2) is 0 Å². The highest BCUT2D eigenvalue weighted by atomic mass is 16.5. The van der Waals surface area contributed by atoms with Gasteiger partial charge < -0.3 is 14.6 Å². The number of ether oxygens (including phenoxy) is 1. The van der Waals surface area contributed by atoms with Crippen LogP contribution in [-0.4, -0.2) is 18.3 Å². The van der Waals surface area contributed by atoms with E-state index in [1.807, 2.05) is 19.1 Å². The molecule has 0 unspecified atom stereocenters. The van der Waals surface area contributed by atoms with Crippen LogP contribution in [-0.2, 0) is 17.9 Å². The van der Waals surface area contributed by atoms with Gasteiger partial charge in [0.05, 0.1) is 5.69 Å². The van der Waals surface area contributed by atoms with Gasteiger partial charge in [0.25, 0.3) is 0 Å². The van der Waals surface area contributed by atoms with Crippen molar-refractivity contribution in [1.82, 2.24) is 10.5 Å². The Labute approximate surface area is 113 Å². The van der Waals surface area contributed by atoms with E-state index in [1.54, 1.807) is 0 Å². The molecule has 1 heterocycles. The zero-order chi connectivity index (χ0) is 13.3. The Balaban J connectivity index is 1.48. The minimum atomic E-state index is 0.500. The molecule has 0 saturated carbocycles. The molecule has 0 aliphatic heterocycles. The zero-order valence-electron chi connectivity index (χ0n) is 11.3. The second-order valence-electron chi connectivity index (χ2n) is 4.50. The number of aryl methyl sites for hydroxylation is 1. The normalized spacial score (nSPS) is 10.8. The molecule has 0 atom stereocenters. The molecule has 4 nitrogen and oxygen atoms in total. The molecule has 19 heavy (non-hydrogen) atoms. The lowest BCUT2D eigenvalue weighted by atomic mass is 10.2. The summed E-state index contributed by atoms with van der Waals surface area (Å²) in [4.78, 5) is 0. The van der Waals surface area contributed by atoms with Crippen LogP contribution in [0.15, 0.2) is 40.9 Å². The van der Waals surface area contributed by atoms with Crippen molar-refractivity contribution < 1.29 is 9.26 Å². The van der Waals surface area contributed by atoms with E-state index in [-0.39, 0.29) is 0 Å². The maximum absolute atomic E-state index is 5.51. The van der Waals surface area contributed by atoms with Gasteiger partial charge >= 0.3 is 0 Å². The molecule has 4 heteroatoms. The van der Waals surface area contributed by atoms with Crippen molar-refractivity contribution >= 4 is 0 Å². The number of benzene rings is 1. The van der Waals surface area contributed by atoms with Crippen molar-refractivity contribution in [2.45, 2.75) is 26.5 Å². The average molecular weight is 260 g/mol. The number of nitrogens with zero attached hydrogens (tertiary/aromatic N) is 1. The second kappa shape index (κ2) is 7.71. The van der Waals surface area contributed by atoms with Gasteiger partial charge in [-0.3, -0.25) is 0 Å². The van der Waals surface area contributed by atoms with Gasteiger partial charge in [0.2, 0.25) is 0 Å². The largest absolute Gasteiger partial charge is 0.373 e. The molecule has 0 aliphatic rings. The highest BCUT2D eigenvalue weighted by molar-refractivity contribution is 5.14. The minimum Gasteiger partial charge on any atom is -0.373 e. The summed E-state index contributed by atoms with van der Waals surface area (Å²) in [7, 11) is 0. The van der Waals surface area contributed by atoms with Crippen molar-refractivity contribution in [3.63, 3.8) is 0 Å². The Kier molecular flexibility index (Phi) is 5.59. The zero-order valence-corrected chi connectivity index (χ0v) is 11.3. The molecule has 1 N–H and O–H groups in total. The Morgan fingerprint density at radius 1 is 1.26 bits per heavy atom. The average Bonchev–Trinajstić information content (AvgIpc) is 2.85. The van der Waals surface area contributed by atoms with Crippen LogP contribution in [0.25, 0.3) is 0 Å². The molecule has 0 bridgehead atoms. The van der Waals surface area contributed by atoms with Crippen molar-refractivity contribution in [3.8, 4) is 0 Å². The number of hydrogen-bond donors (Lipinski definition) is 1. The van der Waals surface area contributed by atoms with Gasteiger partial charge in [-0.2, -0.15) is 0 Å². The molecular weight excluding hydrogens is 240 g/mol. The molecule has 102 valence electrons. The van der Waals surface area contributed by atoms with Crippen LogP contribution in [0.4, 0.5) is 0 Å². The fourth-order valence-corrected chi connectivity index (χ4v) is 1.78. The van der Waals surface area contributed by atoms with E-state index in [0.29, 0.717) is 6.61 Å². The summed E-state index contributed by atoms with van der Waals surface area (Å²) in [6, 6.07) is 12.3. The van der Waals surface area contributed by atoms with Crippen LogP contribution in [0.3, 0.4) is 0 Å². The summed E-state index contributed by atoms with van der Waals surface area (Å²) >= 11 is 0. The van der Waals surface area contributed by atoms with E-state index in [2.05, 4.69) is 34.7 Å². The van der Waals surface area contributed by atoms with E-state index in [9.17, 15) is 0 Å². The molecule has 0 amide bonds. The fourth-order valence-electron chi connectivity index (χ4n) is 1.78. The maximum atomic E-state index is 5.51. The molecule has 2 rings (SSSR count). The second-order valence-corrected chi connectivity index (χ2v) is 4.50. The van der Waals surface area contributed by atoms with Crippen LogP contribution in [0.2, 0.25) is 0 Å². The molecule has 1 aromatic heterocycles. The van der Waals surface area contributed by atoms with Crippen molar-refractivity contribution in [1.29, 1.82) is 0 Å². The van der Waals surface area contributed by atoms with Gasteiger partial charge in [0.15, 0.2) is 5.76 Å². The SMILES string of the molecule is Cc1cc(COCCCNCc2ccccc2)on1. The lowest BCUT2D eigenvalue weighted by Crippen LogP contribution is -2.16. The number of rotatable bonds is 8. The molecular formula is C15H20N2O2. The van der Waals surface area contributed by atoms with Crippen LogP contribution >= 0.6 is 0 Å². The van der Waals surface area contributed by atoms with Crippen molar-refractivity contribution in [2.24, 2.45) is 0 Å². The molecule has 1 aromatic carbocycles. The molecule has 2 aromatic rings.